The molecule has 0 aliphatic carbocycles. The minimum atomic E-state index is -6.00. The number of fused-ring (bicyclic) bond motifs is 3. The van der Waals surface area contributed by atoms with Crippen molar-refractivity contribution in [2.75, 3.05) is 45.3 Å². The van der Waals surface area contributed by atoms with Gasteiger partial charge in [-0.15, -0.1) is 12.4 Å². The van der Waals surface area contributed by atoms with Crippen molar-refractivity contribution in [1.82, 2.24) is 4.90 Å². The third kappa shape index (κ3) is 5.56. The lowest BCUT2D eigenvalue weighted by molar-refractivity contribution is -0.930. The van der Waals surface area contributed by atoms with Crippen LogP contribution in [0.4, 0.5) is 17.3 Å². The fourth-order valence-electron chi connectivity index (χ4n) is 1.91. The fourth-order valence-corrected chi connectivity index (χ4v) is 2.27. The zero-order chi connectivity index (χ0) is 11.5. The van der Waals surface area contributed by atoms with Crippen LogP contribution in [0.5, 0.6) is 0 Å². The molecule has 3 rings (SSSR count). The summed E-state index contributed by atoms with van der Waals surface area (Å²) in [6, 6.07) is 0.827. The van der Waals surface area contributed by atoms with E-state index in [0.29, 0.717) is 0 Å². The lowest BCUT2D eigenvalue weighted by atomic mass is 10.2. The molecular weight excluding hydrogens is 270 g/mol. The predicted molar refractivity (Wildman–Crippen MR) is 59.5 cm³/mol. The van der Waals surface area contributed by atoms with Gasteiger partial charge in [-0.25, -0.2) is 0 Å². The summed E-state index contributed by atoms with van der Waals surface area (Å²) in [7, 11) is -6.00. The summed E-state index contributed by atoms with van der Waals surface area (Å²) in [5, 5.41) is 0. The molecule has 0 unspecified atom stereocenters. The van der Waals surface area contributed by atoms with Gasteiger partial charge in [0.2, 0.25) is 0 Å². The number of halogens is 6. The van der Waals surface area contributed by atoms with Crippen molar-refractivity contribution in [1.29, 1.82) is 0 Å². The zero-order valence-electron chi connectivity index (χ0n) is 8.72. The van der Waals surface area contributed by atoms with Crippen LogP contribution in [0.3, 0.4) is 0 Å². The van der Waals surface area contributed by atoms with Gasteiger partial charge in [0.1, 0.15) is 0 Å². The molecule has 0 atom stereocenters. The van der Waals surface area contributed by atoms with E-state index >= 15 is 0 Å². The Bertz CT molecular complexity index is 189. The molecule has 0 aromatic rings. The highest BCUT2D eigenvalue weighted by atomic mass is 35.5. The van der Waals surface area contributed by atoms with Crippen LogP contribution in [0.1, 0.15) is 0 Å². The van der Waals surface area contributed by atoms with Crippen LogP contribution in [0.15, 0.2) is 0 Å². The van der Waals surface area contributed by atoms with Gasteiger partial charge in [-0.1, -0.05) is 11.6 Å². The van der Waals surface area contributed by atoms with Crippen LogP contribution in [0, 0.1) is 0 Å². The van der Waals surface area contributed by atoms with E-state index in [4.69, 9.17) is 11.6 Å². The molecule has 98 valence electrons. The largest absolute Gasteiger partial charge is 0.673 e. The topological polar surface area (TPSA) is 3.24 Å². The lowest BCUT2D eigenvalue weighted by Gasteiger charge is -2.49. The Labute approximate surface area is 104 Å². The van der Waals surface area contributed by atoms with E-state index < -0.39 is 7.25 Å². The average molecular weight is 285 g/mol. The minimum absolute atomic E-state index is 0. The second kappa shape index (κ2) is 6.28. The number of hydrogen-bond donors (Lipinski definition) is 0. The first-order valence-electron chi connectivity index (χ1n) is 4.85. The number of quaternary nitrogens is 1. The van der Waals surface area contributed by atoms with Crippen LogP contribution in [-0.2, 0) is 0 Å². The van der Waals surface area contributed by atoms with Crippen molar-refractivity contribution in [2.45, 2.75) is 0 Å². The van der Waals surface area contributed by atoms with Crippen molar-refractivity contribution in [3.8, 4) is 0 Å². The molecule has 2 bridgehead atoms. The van der Waals surface area contributed by atoms with Crippen LogP contribution >= 0.6 is 24.0 Å². The summed E-state index contributed by atoms with van der Waals surface area (Å²) in [5.74, 6) is 0. The van der Waals surface area contributed by atoms with Gasteiger partial charge in [0, 0.05) is 19.6 Å². The van der Waals surface area contributed by atoms with Crippen molar-refractivity contribution in [2.24, 2.45) is 0 Å². The Morgan fingerprint density at radius 2 is 1.31 bits per heavy atom. The fraction of sp³-hybridized carbons (Fsp3) is 1.00. The monoisotopic (exact) mass is 284 g/mol. The normalized spacial score (nSPS) is 32.4. The van der Waals surface area contributed by atoms with Gasteiger partial charge in [0.05, 0.1) is 19.6 Å². The molecule has 0 spiro atoms. The summed E-state index contributed by atoms with van der Waals surface area (Å²) in [6.45, 7) is 7.66. The smallest absolute Gasteiger partial charge is 0.418 e. The van der Waals surface area contributed by atoms with Gasteiger partial charge < -0.3 is 21.7 Å². The summed E-state index contributed by atoms with van der Waals surface area (Å²) < 4.78 is 40.2. The highest BCUT2D eigenvalue weighted by Gasteiger charge is 2.37. The zero-order valence-corrected chi connectivity index (χ0v) is 10.3. The molecule has 3 saturated heterocycles. The molecule has 16 heavy (non-hydrogen) atoms. The van der Waals surface area contributed by atoms with E-state index in [1.807, 2.05) is 0 Å². The Kier molecular flexibility index (Phi) is 6.39. The SMILES string of the molecule is Cl.ClC[N+]12CCN(CC1)CC2.F[B-](F)(F)F. The number of rotatable bonds is 1. The van der Waals surface area contributed by atoms with E-state index in [0.717, 1.165) is 6.00 Å². The maximum Gasteiger partial charge on any atom is 0.673 e. The van der Waals surface area contributed by atoms with E-state index in [1.54, 1.807) is 0 Å². The number of alkyl halides is 1. The van der Waals surface area contributed by atoms with Gasteiger partial charge in [0.15, 0.2) is 6.00 Å². The highest BCUT2D eigenvalue weighted by molar-refractivity contribution is 6.50. The number of piperazine rings is 3. The number of hydrogen-bond acceptors (Lipinski definition) is 1. The molecule has 2 nitrogen and oxygen atoms in total. The van der Waals surface area contributed by atoms with Crippen molar-refractivity contribution >= 4 is 31.3 Å². The maximum absolute atomic E-state index is 9.75. The summed E-state index contributed by atoms with van der Waals surface area (Å²) in [6.07, 6.45) is 0. The first-order chi connectivity index (χ1) is 6.85. The highest BCUT2D eigenvalue weighted by Crippen LogP contribution is 2.19. The Morgan fingerprint density at radius 3 is 1.50 bits per heavy atom. The molecule has 3 heterocycles. The summed E-state index contributed by atoms with van der Waals surface area (Å²) in [5.41, 5.74) is 0. The van der Waals surface area contributed by atoms with Crippen LogP contribution in [0.25, 0.3) is 0 Å². The Hall–Kier alpha value is 0.285. The predicted octanol–water partition coefficient (Wildman–Crippen LogP) is 2.05. The molecule has 0 N–H and O–H groups in total. The third-order valence-electron chi connectivity index (χ3n) is 2.93. The van der Waals surface area contributed by atoms with E-state index in [1.165, 1.54) is 43.8 Å². The summed E-state index contributed by atoms with van der Waals surface area (Å²) >= 11 is 5.92. The molecule has 0 radical (unpaired) electrons. The molecule has 0 aromatic carbocycles. The van der Waals surface area contributed by atoms with Gasteiger partial charge in [-0.2, -0.15) is 0 Å². The number of nitrogens with zero attached hydrogens (tertiary/aromatic N) is 2. The quantitative estimate of drug-likeness (QED) is 0.234. The molecule has 3 aliphatic heterocycles. The van der Waals surface area contributed by atoms with Gasteiger partial charge >= 0.3 is 7.25 Å². The molecule has 0 aromatic heterocycles. The van der Waals surface area contributed by atoms with E-state index in [9.17, 15) is 17.3 Å². The van der Waals surface area contributed by atoms with Gasteiger partial charge in [-0.05, 0) is 0 Å². The molecule has 3 aliphatic rings. The maximum atomic E-state index is 9.75. The third-order valence-corrected chi connectivity index (χ3v) is 3.43. The molecule has 0 saturated carbocycles. The van der Waals surface area contributed by atoms with Crippen molar-refractivity contribution in [3.63, 3.8) is 0 Å². The minimum Gasteiger partial charge on any atom is -0.418 e. The van der Waals surface area contributed by atoms with Crippen LogP contribution in [0.2, 0.25) is 0 Å². The molecule has 0 amide bonds. The van der Waals surface area contributed by atoms with E-state index in [-0.39, 0.29) is 12.4 Å². The first-order valence-corrected chi connectivity index (χ1v) is 5.39. The van der Waals surface area contributed by atoms with Crippen molar-refractivity contribution < 1.29 is 21.7 Å². The van der Waals surface area contributed by atoms with Crippen molar-refractivity contribution in [3.05, 3.63) is 0 Å². The molecule has 9 heteroatoms. The second-order valence-corrected chi connectivity index (χ2v) is 4.21. The van der Waals surface area contributed by atoms with Gasteiger partial charge in [0.25, 0.3) is 0 Å². The van der Waals surface area contributed by atoms with Gasteiger partial charge in [-0.3, -0.25) is 4.90 Å². The van der Waals surface area contributed by atoms with Crippen LogP contribution in [-0.4, -0.2) is 61.9 Å². The lowest BCUT2D eigenvalue weighted by Crippen LogP contribution is -2.66. The molecule has 3 fully saturated rings. The van der Waals surface area contributed by atoms with E-state index in [2.05, 4.69) is 4.90 Å². The average Bonchev–Trinajstić information content (AvgIpc) is 2.18. The second-order valence-electron chi connectivity index (χ2n) is 3.97. The summed E-state index contributed by atoms with van der Waals surface area (Å²) in [4.78, 5) is 2.53. The Morgan fingerprint density at radius 1 is 1.00 bits per heavy atom. The van der Waals surface area contributed by atoms with Crippen LogP contribution < -0.4 is 0 Å². The first kappa shape index (κ1) is 16.3. The standard InChI is InChI=1S/C7H14ClN2.BF4.ClH/c8-7-10-4-1-9(2-5-10)3-6-10;2-1(3,4)5;/h1-7H2;;1H/q+1;-1;. The molecular formula is C7H15BCl2F4N2. The Balaban J connectivity index is 0.000000330.